The first-order valence-corrected chi connectivity index (χ1v) is 6.52. The molecule has 1 heterocycles. The Bertz CT molecular complexity index is 307. The van der Waals surface area contributed by atoms with E-state index in [4.69, 9.17) is 0 Å². The molecule has 1 fully saturated rings. The van der Waals surface area contributed by atoms with Crippen molar-refractivity contribution in [3.05, 3.63) is 35.9 Å². The molecule has 88 valence electrons. The Morgan fingerprint density at radius 2 is 1.44 bits per heavy atom. The summed E-state index contributed by atoms with van der Waals surface area (Å²) in [7, 11) is 0. The number of hydrogen-bond donors (Lipinski definition) is 0. The Morgan fingerprint density at radius 1 is 0.875 bits per heavy atom. The van der Waals surface area contributed by atoms with E-state index in [9.17, 15) is 0 Å². The molecular formula is C15H23N. The zero-order chi connectivity index (χ0) is 11.4. The second-order valence-corrected chi connectivity index (χ2v) is 5.33. The summed E-state index contributed by atoms with van der Waals surface area (Å²) in [5.74, 6) is 0. The van der Waals surface area contributed by atoms with Crippen molar-refractivity contribution in [1.82, 2.24) is 4.90 Å². The van der Waals surface area contributed by atoms with Crippen molar-refractivity contribution < 1.29 is 0 Å². The molecule has 0 bridgehead atoms. The minimum atomic E-state index is 0.186. The van der Waals surface area contributed by atoms with Gasteiger partial charge in [-0.25, -0.2) is 0 Å². The Kier molecular flexibility index (Phi) is 3.65. The number of benzene rings is 1. The van der Waals surface area contributed by atoms with Crippen molar-refractivity contribution in [2.24, 2.45) is 0 Å². The van der Waals surface area contributed by atoms with E-state index in [1.807, 2.05) is 0 Å². The fourth-order valence-corrected chi connectivity index (χ4v) is 2.66. The summed E-state index contributed by atoms with van der Waals surface area (Å²) in [5.41, 5.74) is 1.63. The highest BCUT2D eigenvalue weighted by atomic mass is 15.2. The lowest BCUT2D eigenvalue weighted by Crippen LogP contribution is -2.42. The van der Waals surface area contributed by atoms with Gasteiger partial charge in [0.15, 0.2) is 0 Å². The Hall–Kier alpha value is -0.820. The van der Waals surface area contributed by atoms with Crippen LogP contribution in [0.25, 0.3) is 0 Å². The summed E-state index contributed by atoms with van der Waals surface area (Å²) in [5, 5.41) is 0. The molecule has 1 aliphatic rings. The number of nitrogens with zero attached hydrogens (tertiary/aromatic N) is 1. The van der Waals surface area contributed by atoms with Gasteiger partial charge in [0, 0.05) is 5.54 Å². The van der Waals surface area contributed by atoms with Crippen LogP contribution in [0.15, 0.2) is 30.3 Å². The highest BCUT2D eigenvalue weighted by molar-refractivity contribution is 5.22. The van der Waals surface area contributed by atoms with Crippen molar-refractivity contribution in [2.75, 3.05) is 13.1 Å². The molecule has 1 aliphatic heterocycles. The third-order valence-corrected chi connectivity index (χ3v) is 3.88. The van der Waals surface area contributed by atoms with Gasteiger partial charge in [0.05, 0.1) is 0 Å². The lowest BCUT2D eigenvalue weighted by molar-refractivity contribution is 0.124. The molecule has 16 heavy (non-hydrogen) atoms. The van der Waals surface area contributed by atoms with Gasteiger partial charge in [-0.2, -0.15) is 0 Å². The topological polar surface area (TPSA) is 3.24 Å². The molecule has 1 heteroatoms. The summed E-state index contributed by atoms with van der Waals surface area (Å²) < 4.78 is 0. The van der Waals surface area contributed by atoms with Gasteiger partial charge in [0.1, 0.15) is 0 Å². The van der Waals surface area contributed by atoms with E-state index in [0.29, 0.717) is 0 Å². The predicted octanol–water partition coefficient (Wildman–Crippen LogP) is 3.80. The van der Waals surface area contributed by atoms with E-state index in [1.54, 1.807) is 0 Å². The van der Waals surface area contributed by atoms with Gasteiger partial charge in [-0.3, -0.25) is 4.90 Å². The molecule has 1 aromatic carbocycles. The van der Waals surface area contributed by atoms with Gasteiger partial charge in [-0.05, 0) is 45.3 Å². The molecule has 1 aromatic rings. The number of hydrogen-bond acceptors (Lipinski definition) is 1. The predicted molar refractivity (Wildman–Crippen MR) is 69.5 cm³/mol. The van der Waals surface area contributed by atoms with Gasteiger partial charge in [0.2, 0.25) is 0 Å². The normalized spacial score (nSPS) is 19.4. The molecule has 0 saturated carbocycles. The summed E-state index contributed by atoms with van der Waals surface area (Å²) in [6, 6.07) is 10.9. The minimum Gasteiger partial charge on any atom is -0.294 e. The van der Waals surface area contributed by atoms with Gasteiger partial charge in [-0.15, -0.1) is 0 Å². The number of rotatable bonds is 2. The number of likely N-dealkylation sites (tertiary alicyclic amines) is 1. The first kappa shape index (κ1) is 11.7. The largest absolute Gasteiger partial charge is 0.294 e. The average molecular weight is 217 g/mol. The summed E-state index contributed by atoms with van der Waals surface area (Å²) >= 11 is 0. The Labute approximate surface area is 99.5 Å². The SMILES string of the molecule is CC(C)(c1ccccc1)N1CCCCCC1. The van der Waals surface area contributed by atoms with Gasteiger partial charge in [0.25, 0.3) is 0 Å². The molecule has 0 atom stereocenters. The second-order valence-electron chi connectivity index (χ2n) is 5.33. The van der Waals surface area contributed by atoms with Gasteiger partial charge in [-0.1, -0.05) is 43.2 Å². The van der Waals surface area contributed by atoms with Crippen LogP contribution in [0.2, 0.25) is 0 Å². The third-order valence-electron chi connectivity index (χ3n) is 3.88. The van der Waals surface area contributed by atoms with Crippen LogP contribution in [0.1, 0.15) is 45.1 Å². The van der Waals surface area contributed by atoms with Crippen LogP contribution in [0, 0.1) is 0 Å². The molecule has 0 unspecified atom stereocenters. The van der Waals surface area contributed by atoms with E-state index < -0.39 is 0 Å². The first-order valence-electron chi connectivity index (χ1n) is 6.52. The fourth-order valence-electron chi connectivity index (χ4n) is 2.66. The van der Waals surface area contributed by atoms with Crippen LogP contribution in [-0.4, -0.2) is 18.0 Å². The molecule has 0 amide bonds. The quantitative estimate of drug-likeness (QED) is 0.728. The van der Waals surface area contributed by atoms with Crippen LogP contribution in [0.3, 0.4) is 0 Å². The lowest BCUT2D eigenvalue weighted by Gasteiger charge is -2.38. The smallest absolute Gasteiger partial charge is 0.0404 e. The minimum absolute atomic E-state index is 0.186. The maximum Gasteiger partial charge on any atom is 0.0404 e. The van der Waals surface area contributed by atoms with Crippen LogP contribution < -0.4 is 0 Å². The highest BCUT2D eigenvalue weighted by Gasteiger charge is 2.28. The highest BCUT2D eigenvalue weighted by Crippen LogP contribution is 2.29. The zero-order valence-corrected chi connectivity index (χ0v) is 10.6. The first-order chi connectivity index (χ1) is 7.71. The summed E-state index contributed by atoms with van der Waals surface area (Å²) in [6.45, 7) is 7.21. The molecule has 0 radical (unpaired) electrons. The van der Waals surface area contributed by atoms with Crippen LogP contribution in [-0.2, 0) is 5.54 Å². The Balaban J connectivity index is 2.16. The molecule has 0 aliphatic carbocycles. The molecular weight excluding hydrogens is 194 g/mol. The van der Waals surface area contributed by atoms with Crippen LogP contribution >= 0.6 is 0 Å². The summed E-state index contributed by atoms with van der Waals surface area (Å²) in [6.07, 6.45) is 5.52. The second kappa shape index (κ2) is 5.01. The molecule has 0 aromatic heterocycles. The fraction of sp³-hybridized carbons (Fsp3) is 0.600. The molecule has 1 nitrogen and oxygen atoms in total. The van der Waals surface area contributed by atoms with E-state index in [-0.39, 0.29) is 5.54 Å². The summed E-state index contributed by atoms with van der Waals surface area (Å²) in [4.78, 5) is 2.65. The standard InChI is InChI=1S/C15H23N/c1-15(2,14-10-6-5-7-11-14)16-12-8-3-4-9-13-16/h5-7,10-11H,3-4,8-9,12-13H2,1-2H3. The van der Waals surface area contributed by atoms with Gasteiger partial charge >= 0.3 is 0 Å². The molecule has 0 spiro atoms. The average Bonchev–Trinajstić information content (AvgIpc) is 2.59. The van der Waals surface area contributed by atoms with Crippen LogP contribution in [0.5, 0.6) is 0 Å². The van der Waals surface area contributed by atoms with Crippen molar-refractivity contribution >= 4 is 0 Å². The van der Waals surface area contributed by atoms with E-state index in [2.05, 4.69) is 49.1 Å². The van der Waals surface area contributed by atoms with Gasteiger partial charge < -0.3 is 0 Å². The monoisotopic (exact) mass is 217 g/mol. The van der Waals surface area contributed by atoms with E-state index in [0.717, 1.165) is 0 Å². The van der Waals surface area contributed by atoms with E-state index in [1.165, 1.54) is 44.3 Å². The lowest BCUT2D eigenvalue weighted by atomic mass is 9.92. The van der Waals surface area contributed by atoms with Crippen molar-refractivity contribution in [1.29, 1.82) is 0 Å². The van der Waals surface area contributed by atoms with E-state index >= 15 is 0 Å². The van der Waals surface area contributed by atoms with Crippen molar-refractivity contribution in [3.63, 3.8) is 0 Å². The Morgan fingerprint density at radius 3 is 2.00 bits per heavy atom. The maximum absolute atomic E-state index is 2.65. The molecule has 1 saturated heterocycles. The van der Waals surface area contributed by atoms with Crippen molar-refractivity contribution in [2.45, 2.75) is 45.1 Å². The molecule has 0 N–H and O–H groups in total. The van der Waals surface area contributed by atoms with Crippen LogP contribution in [0.4, 0.5) is 0 Å². The molecule has 2 rings (SSSR count). The van der Waals surface area contributed by atoms with Crippen molar-refractivity contribution in [3.8, 4) is 0 Å². The maximum atomic E-state index is 2.65. The zero-order valence-electron chi connectivity index (χ0n) is 10.6. The third kappa shape index (κ3) is 2.46.